The SMILES string of the molecule is CC(Nc1ccc(NC(=O)C(C)(C)C)cc1)C(=O)Nc1ccccc1C#N. The molecule has 0 aliphatic heterocycles. The van der Waals surface area contributed by atoms with Gasteiger partial charge in [-0.15, -0.1) is 0 Å². The fourth-order valence-electron chi connectivity index (χ4n) is 2.21. The van der Waals surface area contributed by atoms with Crippen LogP contribution in [-0.2, 0) is 9.59 Å². The van der Waals surface area contributed by atoms with Gasteiger partial charge in [0.25, 0.3) is 0 Å². The standard InChI is InChI=1S/C21H24N4O2/c1-14(19(26)25-18-8-6-5-7-15(18)13-22)23-16-9-11-17(12-10-16)24-20(27)21(2,3)4/h5-12,14,23H,1-4H3,(H,24,27)(H,25,26). The van der Waals surface area contributed by atoms with Gasteiger partial charge in [-0.1, -0.05) is 32.9 Å². The van der Waals surface area contributed by atoms with Crippen molar-refractivity contribution in [3.63, 3.8) is 0 Å². The van der Waals surface area contributed by atoms with E-state index in [1.807, 2.05) is 20.8 Å². The fraction of sp³-hybridized carbons (Fsp3) is 0.286. The predicted octanol–water partition coefficient (Wildman–Crippen LogP) is 3.98. The molecule has 2 aromatic rings. The van der Waals surface area contributed by atoms with Crippen LogP contribution in [0.15, 0.2) is 48.5 Å². The summed E-state index contributed by atoms with van der Waals surface area (Å²) >= 11 is 0. The van der Waals surface area contributed by atoms with Crippen molar-refractivity contribution in [2.45, 2.75) is 33.7 Å². The Labute approximate surface area is 159 Å². The molecule has 2 amide bonds. The summed E-state index contributed by atoms with van der Waals surface area (Å²) in [6.45, 7) is 7.29. The van der Waals surface area contributed by atoms with Gasteiger partial charge in [0, 0.05) is 16.8 Å². The highest BCUT2D eigenvalue weighted by Gasteiger charge is 2.21. The molecule has 2 rings (SSSR count). The number of benzene rings is 2. The molecule has 0 radical (unpaired) electrons. The van der Waals surface area contributed by atoms with Crippen molar-refractivity contribution >= 4 is 28.9 Å². The smallest absolute Gasteiger partial charge is 0.246 e. The van der Waals surface area contributed by atoms with Crippen LogP contribution in [-0.4, -0.2) is 17.9 Å². The largest absolute Gasteiger partial charge is 0.374 e. The van der Waals surface area contributed by atoms with E-state index in [2.05, 4.69) is 22.0 Å². The molecule has 0 saturated heterocycles. The lowest BCUT2D eigenvalue weighted by Gasteiger charge is -2.18. The highest BCUT2D eigenvalue weighted by Crippen LogP contribution is 2.20. The Morgan fingerprint density at radius 1 is 0.963 bits per heavy atom. The Bertz CT molecular complexity index is 861. The number of hydrogen-bond acceptors (Lipinski definition) is 4. The van der Waals surface area contributed by atoms with Crippen molar-refractivity contribution in [1.29, 1.82) is 5.26 Å². The van der Waals surface area contributed by atoms with Crippen LogP contribution in [0.4, 0.5) is 17.1 Å². The first-order valence-electron chi connectivity index (χ1n) is 8.69. The molecule has 0 saturated carbocycles. The van der Waals surface area contributed by atoms with Gasteiger partial charge in [0.05, 0.1) is 11.3 Å². The zero-order chi connectivity index (χ0) is 20.0. The van der Waals surface area contributed by atoms with Crippen LogP contribution in [0.2, 0.25) is 0 Å². The van der Waals surface area contributed by atoms with Crippen LogP contribution in [0.25, 0.3) is 0 Å². The molecule has 0 aromatic heterocycles. The molecule has 0 spiro atoms. The number of nitriles is 1. The quantitative estimate of drug-likeness (QED) is 0.748. The van der Waals surface area contributed by atoms with Crippen molar-refractivity contribution in [3.05, 3.63) is 54.1 Å². The summed E-state index contributed by atoms with van der Waals surface area (Å²) in [6, 6.07) is 15.5. The summed E-state index contributed by atoms with van der Waals surface area (Å²) in [4.78, 5) is 24.4. The second kappa shape index (κ2) is 8.37. The Hall–Kier alpha value is -3.33. The van der Waals surface area contributed by atoms with E-state index in [9.17, 15) is 9.59 Å². The Morgan fingerprint density at radius 3 is 2.15 bits per heavy atom. The number of carbonyl (C=O) groups excluding carboxylic acids is 2. The van der Waals surface area contributed by atoms with E-state index < -0.39 is 11.5 Å². The van der Waals surface area contributed by atoms with Crippen LogP contribution in [0, 0.1) is 16.7 Å². The molecule has 27 heavy (non-hydrogen) atoms. The number of nitrogens with zero attached hydrogens (tertiary/aromatic N) is 1. The number of nitrogens with one attached hydrogen (secondary N) is 3. The molecule has 0 aliphatic carbocycles. The highest BCUT2D eigenvalue weighted by atomic mass is 16.2. The molecule has 6 nitrogen and oxygen atoms in total. The van der Waals surface area contributed by atoms with Crippen molar-refractivity contribution < 1.29 is 9.59 Å². The Kier molecular flexibility index (Phi) is 6.19. The molecule has 0 heterocycles. The minimum absolute atomic E-state index is 0.0629. The fourth-order valence-corrected chi connectivity index (χ4v) is 2.21. The lowest BCUT2D eigenvalue weighted by Crippen LogP contribution is -2.32. The summed E-state index contributed by atoms with van der Waals surface area (Å²) in [5.41, 5.74) is 1.87. The lowest BCUT2D eigenvalue weighted by molar-refractivity contribution is -0.123. The maximum atomic E-state index is 12.4. The summed E-state index contributed by atoms with van der Waals surface area (Å²) in [6.07, 6.45) is 0. The van der Waals surface area contributed by atoms with Gasteiger partial charge in [-0.2, -0.15) is 5.26 Å². The van der Waals surface area contributed by atoms with E-state index in [1.165, 1.54) is 0 Å². The molecule has 0 fully saturated rings. The molecular formula is C21H24N4O2. The molecule has 140 valence electrons. The molecule has 1 unspecified atom stereocenters. The first-order chi connectivity index (χ1) is 12.7. The topological polar surface area (TPSA) is 94.0 Å². The van der Waals surface area contributed by atoms with Crippen LogP contribution in [0.1, 0.15) is 33.3 Å². The van der Waals surface area contributed by atoms with E-state index in [1.54, 1.807) is 55.5 Å². The van der Waals surface area contributed by atoms with Gasteiger partial charge in [-0.3, -0.25) is 9.59 Å². The van der Waals surface area contributed by atoms with Crippen molar-refractivity contribution in [2.24, 2.45) is 5.41 Å². The zero-order valence-electron chi connectivity index (χ0n) is 16.0. The van der Waals surface area contributed by atoms with Gasteiger partial charge in [0.1, 0.15) is 12.1 Å². The van der Waals surface area contributed by atoms with Crippen LogP contribution in [0.3, 0.4) is 0 Å². The minimum atomic E-state index is -0.508. The average molecular weight is 364 g/mol. The highest BCUT2D eigenvalue weighted by molar-refractivity contribution is 5.97. The third-order valence-electron chi connectivity index (χ3n) is 3.91. The van der Waals surface area contributed by atoms with Gasteiger partial charge < -0.3 is 16.0 Å². The second-order valence-corrected chi connectivity index (χ2v) is 7.29. The van der Waals surface area contributed by atoms with Gasteiger partial charge in [0.15, 0.2) is 0 Å². The monoisotopic (exact) mass is 364 g/mol. The molecular weight excluding hydrogens is 340 g/mol. The van der Waals surface area contributed by atoms with E-state index in [0.717, 1.165) is 5.69 Å². The summed E-state index contributed by atoms with van der Waals surface area (Å²) in [5.74, 6) is -0.310. The summed E-state index contributed by atoms with van der Waals surface area (Å²) in [7, 11) is 0. The second-order valence-electron chi connectivity index (χ2n) is 7.29. The van der Waals surface area contributed by atoms with Crippen molar-refractivity contribution in [2.75, 3.05) is 16.0 Å². The van der Waals surface area contributed by atoms with E-state index in [0.29, 0.717) is 16.9 Å². The minimum Gasteiger partial charge on any atom is -0.374 e. The van der Waals surface area contributed by atoms with E-state index in [4.69, 9.17) is 5.26 Å². The molecule has 0 bridgehead atoms. The maximum Gasteiger partial charge on any atom is 0.246 e. The van der Waals surface area contributed by atoms with Gasteiger partial charge in [0.2, 0.25) is 11.8 Å². The van der Waals surface area contributed by atoms with Gasteiger partial charge in [-0.25, -0.2) is 0 Å². The van der Waals surface area contributed by atoms with Gasteiger partial charge in [-0.05, 0) is 43.3 Å². The van der Waals surface area contributed by atoms with Crippen molar-refractivity contribution in [1.82, 2.24) is 0 Å². The third-order valence-corrected chi connectivity index (χ3v) is 3.91. The normalized spacial score (nSPS) is 11.8. The number of anilines is 3. The molecule has 6 heteroatoms. The average Bonchev–Trinajstić information content (AvgIpc) is 2.62. The molecule has 3 N–H and O–H groups in total. The Balaban J connectivity index is 1.97. The van der Waals surface area contributed by atoms with Crippen LogP contribution in [0.5, 0.6) is 0 Å². The summed E-state index contributed by atoms with van der Waals surface area (Å²) in [5, 5.41) is 17.8. The lowest BCUT2D eigenvalue weighted by atomic mass is 9.95. The number of carbonyl (C=O) groups is 2. The first kappa shape index (κ1) is 20.0. The summed E-state index contributed by atoms with van der Waals surface area (Å²) < 4.78 is 0. The van der Waals surface area contributed by atoms with Crippen LogP contribution >= 0.6 is 0 Å². The van der Waals surface area contributed by atoms with E-state index >= 15 is 0 Å². The third kappa shape index (κ3) is 5.58. The maximum absolute atomic E-state index is 12.4. The van der Waals surface area contributed by atoms with Gasteiger partial charge >= 0.3 is 0 Å². The number of para-hydroxylation sites is 1. The number of amides is 2. The van der Waals surface area contributed by atoms with Crippen molar-refractivity contribution in [3.8, 4) is 6.07 Å². The first-order valence-corrected chi connectivity index (χ1v) is 8.69. The molecule has 0 aliphatic rings. The Morgan fingerprint density at radius 2 is 1.56 bits per heavy atom. The molecule has 2 aromatic carbocycles. The number of rotatable bonds is 5. The van der Waals surface area contributed by atoms with E-state index in [-0.39, 0.29) is 11.8 Å². The van der Waals surface area contributed by atoms with Crippen LogP contribution < -0.4 is 16.0 Å². The number of hydrogen-bond donors (Lipinski definition) is 3. The zero-order valence-corrected chi connectivity index (χ0v) is 16.0. The molecule has 1 atom stereocenters. The predicted molar refractivity (Wildman–Crippen MR) is 107 cm³/mol.